The summed E-state index contributed by atoms with van der Waals surface area (Å²) >= 11 is 0. The predicted octanol–water partition coefficient (Wildman–Crippen LogP) is 3.17. The molecule has 0 saturated heterocycles. The first kappa shape index (κ1) is 14.4. The molecular weight excluding hydrogens is 248 g/mol. The Bertz CT molecular complexity index is 496. The summed E-state index contributed by atoms with van der Waals surface area (Å²) in [7, 11) is 0. The number of likely N-dealkylation sites (N-methyl/N-ethyl adjacent to an activating group) is 1. The van der Waals surface area contributed by atoms with Crippen molar-refractivity contribution in [1.82, 2.24) is 4.90 Å². The maximum atomic E-state index is 5.73. The number of nitrogen functional groups attached to an aromatic ring is 1. The number of rotatable bonds is 7. The molecule has 0 unspecified atom stereocenters. The van der Waals surface area contributed by atoms with Crippen LogP contribution in [0.15, 0.2) is 54.6 Å². The van der Waals surface area contributed by atoms with Crippen molar-refractivity contribution in [3.05, 3.63) is 60.2 Å². The van der Waals surface area contributed by atoms with Crippen LogP contribution < -0.4 is 10.5 Å². The first-order valence-electron chi connectivity index (χ1n) is 7.02. The minimum Gasteiger partial charge on any atom is -0.492 e. The Kier molecular flexibility index (Phi) is 5.44. The second kappa shape index (κ2) is 7.56. The molecule has 0 bridgehead atoms. The van der Waals surface area contributed by atoms with Crippen LogP contribution in [0.2, 0.25) is 0 Å². The van der Waals surface area contributed by atoms with Gasteiger partial charge in [-0.15, -0.1) is 0 Å². The molecule has 0 heterocycles. The van der Waals surface area contributed by atoms with Gasteiger partial charge in [-0.25, -0.2) is 0 Å². The number of anilines is 1. The zero-order valence-corrected chi connectivity index (χ0v) is 12.0. The number of nitrogens with two attached hydrogens (primary N) is 1. The molecular formula is C17H22N2O. The molecule has 0 aliphatic carbocycles. The lowest BCUT2D eigenvalue weighted by molar-refractivity contribution is 0.210. The van der Waals surface area contributed by atoms with Gasteiger partial charge in [0.25, 0.3) is 0 Å². The van der Waals surface area contributed by atoms with Gasteiger partial charge < -0.3 is 10.5 Å². The van der Waals surface area contributed by atoms with Gasteiger partial charge in [0.1, 0.15) is 12.4 Å². The summed E-state index contributed by atoms with van der Waals surface area (Å²) in [4.78, 5) is 2.36. The monoisotopic (exact) mass is 270 g/mol. The van der Waals surface area contributed by atoms with Crippen molar-refractivity contribution in [2.45, 2.75) is 13.5 Å². The Balaban J connectivity index is 1.79. The fourth-order valence-corrected chi connectivity index (χ4v) is 2.04. The molecule has 106 valence electrons. The van der Waals surface area contributed by atoms with E-state index in [-0.39, 0.29) is 0 Å². The zero-order valence-electron chi connectivity index (χ0n) is 12.0. The van der Waals surface area contributed by atoms with Crippen LogP contribution in [0.3, 0.4) is 0 Å². The van der Waals surface area contributed by atoms with Gasteiger partial charge in [0, 0.05) is 18.8 Å². The van der Waals surface area contributed by atoms with Gasteiger partial charge in [-0.05, 0) is 36.4 Å². The molecule has 0 spiro atoms. The molecule has 0 radical (unpaired) electrons. The van der Waals surface area contributed by atoms with Crippen LogP contribution in [0.25, 0.3) is 0 Å². The number of para-hydroxylation sites is 1. The fourth-order valence-electron chi connectivity index (χ4n) is 2.04. The van der Waals surface area contributed by atoms with E-state index in [1.807, 2.05) is 42.5 Å². The first-order valence-corrected chi connectivity index (χ1v) is 7.02. The molecule has 2 aromatic rings. The van der Waals surface area contributed by atoms with E-state index in [0.29, 0.717) is 6.61 Å². The maximum absolute atomic E-state index is 5.73. The topological polar surface area (TPSA) is 38.5 Å². The molecule has 0 aromatic heterocycles. The Morgan fingerprint density at radius 2 is 1.70 bits per heavy atom. The molecule has 0 atom stereocenters. The van der Waals surface area contributed by atoms with Crippen LogP contribution in [0.4, 0.5) is 5.69 Å². The molecule has 2 aromatic carbocycles. The predicted molar refractivity (Wildman–Crippen MR) is 83.7 cm³/mol. The van der Waals surface area contributed by atoms with E-state index in [1.165, 1.54) is 5.56 Å². The number of ether oxygens (including phenoxy) is 1. The summed E-state index contributed by atoms with van der Waals surface area (Å²) < 4.78 is 5.73. The Morgan fingerprint density at radius 3 is 2.35 bits per heavy atom. The van der Waals surface area contributed by atoms with Crippen LogP contribution in [0.1, 0.15) is 12.5 Å². The quantitative estimate of drug-likeness (QED) is 0.785. The van der Waals surface area contributed by atoms with Crippen molar-refractivity contribution in [3.63, 3.8) is 0 Å². The minimum absolute atomic E-state index is 0.701. The Morgan fingerprint density at radius 1 is 1.00 bits per heavy atom. The third kappa shape index (κ3) is 4.59. The van der Waals surface area contributed by atoms with Crippen LogP contribution in [0, 0.1) is 0 Å². The highest BCUT2D eigenvalue weighted by Gasteiger charge is 2.04. The highest BCUT2D eigenvalue weighted by Crippen LogP contribution is 2.10. The largest absolute Gasteiger partial charge is 0.492 e. The number of hydrogen-bond acceptors (Lipinski definition) is 3. The molecule has 3 nitrogen and oxygen atoms in total. The number of hydrogen-bond donors (Lipinski definition) is 1. The summed E-state index contributed by atoms with van der Waals surface area (Å²) in [5.41, 5.74) is 7.79. The van der Waals surface area contributed by atoms with E-state index in [2.05, 4.69) is 24.0 Å². The summed E-state index contributed by atoms with van der Waals surface area (Å²) in [5.74, 6) is 0.927. The zero-order chi connectivity index (χ0) is 14.2. The third-order valence-electron chi connectivity index (χ3n) is 3.25. The van der Waals surface area contributed by atoms with Crippen molar-refractivity contribution in [2.24, 2.45) is 0 Å². The van der Waals surface area contributed by atoms with E-state index < -0.39 is 0 Å². The third-order valence-corrected chi connectivity index (χ3v) is 3.25. The standard InChI is InChI=1S/C17H22N2O/c1-2-19(14-15-8-10-16(18)11-9-15)12-13-20-17-6-4-3-5-7-17/h3-11H,2,12-14,18H2,1H3. The smallest absolute Gasteiger partial charge is 0.119 e. The molecule has 0 aliphatic rings. The van der Waals surface area contributed by atoms with Gasteiger partial charge in [0.05, 0.1) is 0 Å². The van der Waals surface area contributed by atoms with Gasteiger partial charge in [-0.1, -0.05) is 37.3 Å². The highest BCUT2D eigenvalue weighted by atomic mass is 16.5. The molecule has 0 fully saturated rings. The average Bonchev–Trinajstić information content (AvgIpc) is 2.49. The Hall–Kier alpha value is -2.00. The average molecular weight is 270 g/mol. The van der Waals surface area contributed by atoms with E-state index in [0.717, 1.165) is 31.1 Å². The van der Waals surface area contributed by atoms with Crippen LogP contribution in [-0.4, -0.2) is 24.6 Å². The second-order valence-corrected chi connectivity index (χ2v) is 4.77. The SMILES string of the molecule is CCN(CCOc1ccccc1)Cc1ccc(N)cc1. The lowest BCUT2D eigenvalue weighted by atomic mass is 10.2. The first-order chi connectivity index (χ1) is 9.78. The van der Waals surface area contributed by atoms with Crippen LogP contribution in [-0.2, 0) is 6.54 Å². The minimum atomic E-state index is 0.701. The summed E-state index contributed by atoms with van der Waals surface area (Å²) in [5, 5.41) is 0. The van der Waals surface area contributed by atoms with Crippen LogP contribution >= 0.6 is 0 Å². The summed E-state index contributed by atoms with van der Waals surface area (Å²) in [6, 6.07) is 18.0. The van der Waals surface area contributed by atoms with E-state index in [9.17, 15) is 0 Å². The van der Waals surface area contributed by atoms with Crippen molar-refractivity contribution in [3.8, 4) is 5.75 Å². The Labute approximate surface area is 121 Å². The normalized spacial score (nSPS) is 10.7. The number of nitrogens with zero attached hydrogens (tertiary/aromatic N) is 1. The van der Waals surface area contributed by atoms with E-state index in [1.54, 1.807) is 0 Å². The van der Waals surface area contributed by atoms with Gasteiger partial charge in [0.2, 0.25) is 0 Å². The van der Waals surface area contributed by atoms with Crippen molar-refractivity contribution < 1.29 is 4.74 Å². The summed E-state index contributed by atoms with van der Waals surface area (Å²) in [6.45, 7) is 5.71. The lowest BCUT2D eigenvalue weighted by Gasteiger charge is -2.20. The van der Waals surface area contributed by atoms with Crippen molar-refractivity contribution in [1.29, 1.82) is 0 Å². The molecule has 20 heavy (non-hydrogen) atoms. The molecule has 3 heteroatoms. The van der Waals surface area contributed by atoms with Gasteiger partial charge in [0.15, 0.2) is 0 Å². The highest BCUT2D eigenvalue weighted by molar-refractivity contribution is 5.39. The molecule has 2 N–H and O–H groups in total. The second-order valence-electron chi connectivity index (χ2n) is 4.77. The number of benzene rings is 2. The van der Waals surface area contributed by atoms with Gasteiger partial charge in [-0.2, -0.15) is 0 Å². The summed E-state index contributed by atoms with van der Waals surface area (Å²) in [6.07, 6.45) is 0. The molecule has 0 aliphatic heterocycles. The van der Waals surface area contributed by atoms with Crippen molar-refractivity contribution in [2.75, 3.05) is 25.4 Å². The molecule has 0 amide bonds. The molecule has 0 saturated carbocycles. The van der Waals surface area contributed by atoms with Crippen molar-refractivity contribution >= 4 is 5.69 Å². The van der Waals surface area contributed by atoms with Crippen LogP contribution in [0.5, 0.6) is 5.75 Å². The maximum Gasteiger partial charge on any atom is 0.119 e. The lowest BCUT2D eigenvalue weighted by Crippen LogP contribution is -2.27. The van der Waals surface area contributed by atoms with E-state index >= 15 is 0 Å². The fraction of sp³-hybridized carbons (Fsp3) is 0.294. The molecule has 2 rings (SSSR count). The van der Waals surface area contributed by atoms with Gasteiger partial charge >= 0.3 is 0 Å². The van der Waals surface area contributed by atoms with E-state index in [4.69, 9.17) is 10.5 Å². The van der Waals surface area contributed by atoms with Gasteiger partial charge in [-0.3, -0.25) is 4.90 Å².